The van der Waals surface area contributed by atoms with Crippen molar-refractivity contribution in [1.82, 2.24) is 10.2 Å². The molecular formula is C25H34BrN3O4S. The highest BCUT2D eigenvalue weighted by Crippen LogP contribution is 2.23. The van der Waals surface area contributed by atoms with Crippen molar-refractivity contribution in [2.75, 3.05) is 23.7 Å². The number of hydrogen-bond acceptors (Lipinski definition) is 4. The van der Waals surface area contributed by atoms with Crippen molar-refractivity contribution in [3.63, 3.8) is 0 Å². The maximum Gasteiger partial charge on any atom is 0.244 e. The number of halogens is 1. The van der Waals surface area contributed by atoms with Gasteiger partial charge in [0.15, 0.2) is 0 Å². The lowest BCUT2D eigenvalue weighted by molar-refractivity contribution is -0.140. The zero-order valence-electron chi connectivity index (χ0n) is 20.4. The molecule has 0 heterocycles. The maximum absolute atomic E-state index is 13.6. The number of amides is 2. The summed E-state index contributed by atoms with van der Waals surface area (Å²) < 4.78 is 27.0. The van der Waals surface area contributed by atoms with E-state index in [1.165, 1.54) is 4.90 Å². The Morgan fingerprint density at radius 2 is 1.76 bits per heavy atom. The monoisotopic (exact) mass is 551 g/mol. The van der Waals surface area contributed by atoms with Gasteiger partial charge in [0.1, 0.15) is 12.6 Å². The highest BCUT2D eigenvalue weighted by molar-refractivity contribution is 9.10. The highest BCUT2D eigenvalue weighted by atomic mass is 79.9. The SMILES string of the molecule is CCC(C(=O)NCC(C)C)N(Cc1cccc(C)c1)C(=O)CN(c1cccc(Br)c1)S(C)(=O)=O. The normalized spacial score (nSPS) is 12.3. The molecule has 9 heteroatoms. The third kappa shape index (κ3) is 8.13. The number of rotatable bonds is 11. The Morgan fingerprint density at radius 3 is 2.32 bits per heavy atom. The van der Waals surface area contributed by atoms with Gasteiger partial charge in [0.2, 0.25) is 21.8 Å². The molecule has 0 aliphatic rings. The van der Waals surface area contributed by atoms with E-state index in [0.717, 1.165) is 21.7 Å². The summed E-state index contributed by atoms with van der Waals surface area (Å²) >= 11 is 3.36. The van der Waals surface area contributed by atoms with Crippen molar-refractivity contribution in [1.29, 1.82) is 0 Å². The summed E-state index contributed by atoms with van der Waals surface area (Å²) in [6.07, 6.45) is 1.47. The van der Waals surface area contributed by atoms with Crippen LogP contribution in [0.5, 0.6) is 0 Å². The molecule has 2 rings (SSSR count). The van der Waals surface area contributed by atoms with Gasteiger partial charge in [-0.15, -0.1) is 0 Å². The Bertz CT molecular complexity index is 1100. The zero-order chi connectivity index (χ0) is 25.5. The average molecular weight is 553 g/mol. The van der Waals surface area contributed by atoms with E-state index in [-0.39, 0.29) is 18.4 Å². The summed E-state index contributed by atoms with van der Waals surface area (Å²) in [4.78, 5) is 28.1. The van der Waals surface area contributed by atoms with E-state index in [4.69, 9.17) is 0 Å². The first kappa shape index (κ1) is 27.9. The van der Waals surface area contributed by atoms with E-state index in [2.05, 4.69) is 21.2 Å². The Labute approximate surface area is 211 Å². The van der Waals surface area contributed by atoms with Gasteiger partial charge >= 0.3 is 0 Å². The van der Waals surface area contributed by atoms with Crippen LogP contribution in [0.2, 0.25) is 0 Å². The lowest BCUT2D eigenvalue weighted by atomic mass is 10.1. The largest absolute Gasteiger partial charge is 0.354 e. The van der Waals surface area contributed by atoms with Gasteiger partial charge in [-0.3, -0.25) is 13.9 Å². The van der Waals surface area contributed by atoms with Crippen LogP contribution >= 0.6 is 15.9 Å². The van der Waals surface area contributed by atoms with E-state index in [9.17, 15) is 18.0 Å². The second-order valence-corrected chi connectivity index (χ2v) is 11.6. The minimum atomic E-state index is -3.75. The molecule has 0 saturated carbocycles. The molecule has 7 nitrogen and oxygen atoms in total. The van der Waals surface area contributed by atoms with Crippen molar-refractivity contribution >= 4 is 43.5 Å². The summed E-state index contributed by atoms with van der Waals surface area (Å²) in [6, 6.07) is 13.8. The van der Waals surface area contributed by atoms with Crippen molar-refractivity contribution in [2.24, 2.45) is 5.92 Å². The lowest BCUT2D eigenvalue weighted by Crippen LogP contribution is -2.52. The van der Waals surface area contributed by atoms with Gasteiger partial charge in [0.25, 0.3) is 0 Å². The number of carbonyl (C=O) groups is 2. The van der Waals surface area contributed by atoms with Crippen molar-refractivity contribution in [2.45, 2.75) is 46.7 Å². The van der Waals surface area contributed by atoms with Crippen LogP contribution in [0, 0.1) is 12.8 Å². The van der Waals surface area contributed by atoms with E-state index in [0.29, 0.717) is 23.1 Å². The summed E-state index contributed by atoms with van der Waals surface area (Å²) in [7, 11) is -3.75. The average Bonchev–Trinajstić information content (AvgIpc) is 2.75. The summed E-state index contributed by atoms with van der Waals surface area (Å²) in [5.41, 5.74) is 2.28. The molecule has 1 atom stereocenters. The van der Waals surface area contributed by atoms with Gasteiger partial charge in [0.05, 0.1) is 11.9 Å². The van der Waals surface area contributed by atoms with Crippen molar-refractivity contribution < 1.29 is 18.0 Å². The Balaban J connectivity index is 2.42. The highest BCUT2D eigenvalue weighted by Gasteiger charge is 2.31. The van der Waals surface area contributed by atoms with Crippen LogP contribution in [0.1, 0.15) is 38.3 Å². The third-order valence-corrected chi connectivity index (χ3v) is 6.92. The molecule has 34 heavy (non-hydrogen) atoms. The fraction of sp³-hybridized carbons (Fsp3) is 0.440. The molecule has 0 saturated heterocycles. The first-order valence-corrected chi connectivity index (χ1v) is 13.9. The predicted molar refractivity (Wildman–Crippen MR) is 140 cm³/mol. The second-order valence-electron chi connectivity index (χ2n) is 8.82. The number of aryl methyl sites for hydroxylation is 1. The topological polar surface area (TPSA) is 86.8 Å². The fourth-order valence-electron chi connectivity index (χ4n) is 3.59. The number of hydrogen-bond donors (Lipinski definition) is 1. The molecule has 0 radical (unpaired) electrons. The molecule has 2 aromatic carbocycles. The summed E-state index contributed by atoms with van der Waals surface area (Å²) in [6.45, 7) is 8.09. The van der Waals surface area contributed by atoms with Crippen LogP contribution in [-0.4, -0.2) is 50.5 Å². The predicted octanol–water partition coefficient (Wildman–Crippen LogP) is 4.10. The molecule has 2 aromatic rings. The molecule has 0 bridgehead atoms. The van der Waals surface area contributed by atoms with Crippen LogP contribution in [0.4, 0.5) is 5.69 Å². The van der Waals surface area contributed by atoms with Gasteiger partial charge in [-0.1, -0.05) is 72.6 Å². The van der Waals surface area contributed by atoms with Gasteiger partial charge < -0.3 is 10.2 Å². The Hall–Kier alpha value is -2.39. The first-order chi connectivity index (χ1) is 15.9. The molecule has 1 unspecified atom stereocenters. The minimum absolute atomic E-state index is 0.199. The summed E-state index contributed by atoms with van der Waals surface area (Å²) in [5.74, 6) is -0.427. The number of nitrogens with one attached hydrogen (secondary N) is 1. The standard InChI is InChI=1S/C25H34BrN3O4S/c1-6-23(25(31)27-15-18(2)3)28(16-20-10-7-9-19(4)13-20)24(30)17-29(34(5,32)33)22-12-8-11-21(26)14-22/h7-14,18,23H,6,15-17H2,1-5H3,(H,27,31). The number of nitrogens with zero attached hydrogens (tertiary/aromatic N) is 2. The molecule has 0 fully saturated rings. The van der Waals surface area contributed by atoms with Gasteiger partial charge in [0, 0.05) is 17.6 Å². The minimum Gasteiger partial charge on any atom is -0.354 e. The van der Waals surface area contributed by atoms with Gasteiger partial charge in [-0.05, 0) is 43.0 Å². The van der Waals surface area contributed by atoms with Crippen molar-refractivity contribution in [3.05, 3.63) is 64.1 Å². The molecule has 1 N–H and O–H groups in total. The number of benzene rings is 2. The molecule has 186 valence electrons. The van der Waals surface area contributed by atoms with Gasteiger partial charge in [-0.25, -0.2) is 8.42 Å². The molecule has 0 spiro atoms. The Kier molecular flexibility index (Phi) is 10.1. The third-order valence-electron chi connectivity index (χ3n) is 5.28. The van der Waals surface area contributed by atoms with Crippen LogP contribution in [0.15, 0.2) is 53.0 Å². The molecule has 0 aliphatic carbocycles. The molecule has 2 amide bonds. The van der Waals surface area contributed by atoms with E-state index >= 15 is 0 Å². The Morgan fingerprint density at radius 1 is 1.09 bits per heavy atom. The smallest absolute Gasteiger partial charge is 0.244 e. The number of anilines is 1. The lowest BCUT2D eigenvalue weighted by Gasteiger charge is -2.33. The van der Waals surface area contributed by atoms with E-state index in [1.807, 2.05) is 52.0 Å². The number of sulfonamides is 1. The van der Waals surface area contributed by atoms with Gasteiger partial charge in [-0.2, -0.15) is 0 Å². The van der Waals surface area contributed by atoms with Crippen LogP contribution in [0.3, 0.4) is 0 Å². The molecular weight excluding hydrogens is 518 g/mol. The fourth-order valence-corrected chi connectivity index (χ4v) is 4.82. The quantitative estimate of drug-likeness (QED) is 0.455. The van der Waals surface area contributed by atoms with Crippen LogP contribution in [0.25, 0.3) is 0 Å². The zero-order valence-corrected chi connectivity index (χ0v) is 22.8. The number of carbonyl (C=O) groups excluding carboxylic acids is 2. The van der Waals surface area contributed by atoms with Crippen molar-refractivity contribution in [3.8, 4) is 0 Å². The molecule has 0 aromatic heterocycles. The van der Waals surface area contributed by atoms with E-state index in [1.54, 1.807) is 24.3 Å². The van der Waals surface area contributed by atoms with Crippen LogP contribution in [-0.2, 0) is 26.2 Å². The van der Waals surface area contributed by atoms with E-state index < -0.39 is 28.5 Å². The second kappa shape index (κ2) is 12.4. The maximum atomic E-state index is 13.6. The summed E-state index contributed by atoms with van der Waals surface area (Å²) in [5, 5.41) is 2.92. The first-order valence-electron chi connectivity index (χ1n) is 11.3. The van der Waals surface area contributed by atoms with Crippen LogP contribution < -0.4 is 9.62 Å². The molecule has 0 aliphatic heterocycles.